The predicted molar refractivity (Wildman–Crippen MR) is 148 cm³/mol. The van der Waals surface area contributed by atoms with Gasteiger partial charge >= 0.3 is 5.97 Å². The number of nitrogens with one attached hydrogen (secondary N) is 1. The first-order valence-electron chi connectivity index (χ1n) is 12.4. The van der Waals surface area contributed by atoms with Crippen LogP contribution >= 0.6 is 12.4 Å². The SMILES string of the molecule is CCOC(=O)COCC(=O)N(c1ccc2c(c1)cc(Cc1ccc(C(=N)N)cc1)n2C)C1CCCC1.Cl. The van der Waals surface area contributed by atoms with E-state index in [1.807, 2.05) is 42.3 Å². The summed E-state index contributed by atoms with van der Waals surface area (Å²) >= 11 is 0. The second-order valence-corrected chi connectivity index (χ2v) is 9.23. The molecule has 1 aliphatic carbocycles. The number of benzene rings is 2. The Labute approximate surface area is 223 Å². The summed E-state index contributed by atoms with van der Waals surface area (Å²) in [6.45, 7) is 1.63. The summed E-state index contributed by atoms with van der Waals surface area (Å²) in [6, 6.07) is 16.1. The maximum absolute atomic E-state index is 13.2. The van der Waals surface area contributed by atoms with Gasteiger partial charge in [-0.15, -0.1) is 12.4 Å². The molecule has 0 aliphatic heterocycles. The van der Waals surface area contributed by atoms with Gasteiger partial charge in [-0.25, -0.2) is 4.79 Å². The van der Waals surface area contributed by atoms with Crippen LogP contribution < -0.4 is 10.6 Å². The molecule has 3 N–H and O–H groups in total. The molecule has 1 saturated carbocycles. The van der Waals surface area contributed by atoms with Gasteiger partial charge in [0.25, 0.3) is 5.91 Å². The van der Waals surface area contributed by atoms with Crippen LogP contribution in [0, 0.1) is 5.41 Å². The lowest BCUT2D eigenvalue weighted by atomic mass is 10.1. The van der Waals surface area contributed by atoms with Crippen LogP contribution in [0.25, 0.3) is 10.9 Å². The van der Waals surface area contributed by atoms with Crippen LogP contribution in [0.1, 0.15) is 49.4 Å². The Balaban J connectivity index is 0.00000380. The molecule has 0 bridgehead atoms. The van der Waals surface area contributed by atoms with Gasteiger partial charge < -0.3 is 24.7 Å². The second-order valence-electron chi connectivity index (χ2n) is 9.23. The number of carbonyl (C=O) groups is 2. The van der Waals surface area contributed by atoms with E-state index < -0.39 is 5.97 Å². The number of aromatic nitrogens is 1. The Morgan fingerprint density at radius 3 is 2.43 bits per heavy atom. The lowest BCUT2D eigenvalue weighted by Gasteiger charge is -2.29. The number of hydrogen-bond acceptors (Lipinski definition) is 5. The Morgan fingerprint density at radius 2 is 1.78 bits per heavy atom. The van der Waals surface area contributed by atoms with Crippen molar-refractivity contribution in [1.82, 2.24) is 4.57 Å². The average Bonchev–Trinajstić information content (AvgIpc) is 3.48. The fraction of sp³-hybridized carbons (Fsp3) is 0.393. The minimum absolute atomic E-state index is 0. The van der Waals surface area contributed by atoms with E-state index in [0.29, 0.717) is 5.56 Å². The molecule has 2 aromatic carbocycles. The molecule has 0 saturated heterocycles. The van der Waals surface area contributed by atoms with Crippen molar-refractivity contribution in [3.63, 3.8) is 0 Å². The highest BCUT2D eigenvalue weighted by Gasteiger charge is 2.28. The Bertz CT molecular complexity index is 1250. The normalized spacial score (nSPS) is 13.4. The third-order valence-electron chi connectivity index (χ3n) is 6.76. The number of amides is 1. The topological polar surface area (TPSA) is 111 Å². The zero-order chi connectivity index (χ0) is 25.7. The van der Waals surface area contributed by atoms with Crippen LogP contribution in [0.2, 0.25) is 0 Å². The van der Waals surface area contributed by atoms with Crippen LogP contribution in [-0.2, 0) is 32.5 Å². The largest absolute Gasteiger partial charge is 0.464 e. The van der Waals surface area contributed by atoms with Crippen molar-refractivity contribution in [2.24, 2.45) is 12.8 Å². The van der Waals surface area contributed by atoms with E-state index in [4.69, 9.17) is 20.6 Å². The van der Waals surface area contributed by atoms with E-state index in [2.05, 4.69) is 22.8 Å². The number of anilines is 1. The fourth-order valence-electron chi connectivity index (χ4n) is 4.94. The van der Waals surface area contributed by atoms with Gasteiger partial charge in [0, 0.05) is 47.4 Å². The van der Waals surface area contributed by atoms with Crippen molar-refractivity contribution in [1.29, 1.82) is 5.41 Å². The zero-order valence-electron chi connectivity index (χ0n) is 21.4. The number of ether oxygens (including phenoxy) is 2. The number of fused-ring (bicyclic) bond motifs is 1. The third kappa shape index (κ3) is 6.70. The minimum Gasteiger partial charge on any atom is -0.464 e. The van der Waals surface area contributed by atoms with Crippen molar-refractivity contribution in [3.05, 3.63) is 65.4 Å². The Morgan fingerprint density at radius 1 is 1.08 bits per heavy atom. The van der Waals surface area contributed by atoms with E-state index in [-0.39, 0.29) is 50.0 Å². The molecular weight excluding hydrogens is 492 g/mol. The molecule has 198 valence electrons. The van der Waals surface area contributed by atoms with E-state index in [1.165, 1.54) is 0 Å². The predicted octanol–water partition coefficient (Wildman–Crippen LogP) is 4.33. The molecule has 1 aromatic heterocycles. The molecule has 0 spiro atoms. The number of amidine groups is 1. The third-order valence-corrected chi connectivity index (χ3v) is 6.76. The summed E-state index contributed by atoms with van der Waals surface area (Å²) in [5.41, 5.74) is 10.5. The molecule has 0 unspecified atom stereocenters. The first-order valence-corrected chi connectivity index (χ1v) is 12.4. The number of esters is 1. The summed E-state index contributed by atoms with van der Waals surface area (Å²) in [7, 11) is 2.05. The summed E-state index contributed by atoms with van der Waals surface area (Å²) in [4.78, 5) is 26.7. The second kappa shape index (κ2) is 12.7. The number of nitrogens with two attached hydrogens (primary N) is 1. The van der Waals surface area contributed by atoms with Crippen molar-refractivity contribution in [2.75, 3.05) is 24.7 Å². The van der Waals surface area contributed by atoms with Crippen molar-refractivity contribution >= 4 is 46.7 Å². The smallest absolute Gasteiger partial charge is 0.332 e. The van der Waals surface area contributed by atoms with Gasteiger partial charge in [0.2, 0.25) is 0 Å². The molecular formula is C28H35ClN4O4. The van der Waals surface area contributed by atoms with Crippen LogP contribution in [-0.4, -0.2) is 48.1 Å². The number of hydrogen-bond donors (Lipinski definition) is 2. The Hall–Kier alpha value is -3.36. The van der Waals surface area contributed by atoms with Crippen LogP contribution in [0.4, 0.5) is 5.69 Å². The molecule has 37 heavy (non-hydrogen) atoms. The number of aryl methyl sites for hydroxylation is 1. The molecule has 8 nitrogen and oxygen atoms in total. The molecule has 1 fully saturated rings. The number of nitrogens with zero attached hydrogens (tertiary/aromatic N) is 2. The van der Waals surface area contributed by atoms with Gasteiger partial charge in [-0.2, -0.15) is 0 Å². The summed E-state index contributed by atoms with van der Waals surface area (Å²) < 4.78 is 12.4. The van der Waals surface area contributed by atoms with E-state index in [1.54, 1.807) is 6.92 Å². The fourth-order valence-corrected chi connectivity index (χ4v) is 4.94. The van der Waals surface area contributed by atoms with E-state index in [0.717, 1.165) is 60.0 Å². The quantitative estimate of drug-likeness (QED) is 0.232. The van der Waals surface area contributed by atoms with Gasteiger partial charge in [-0.1, -0.05) is 37.1 Å². The monoisotopic (exact) mass is 526 g/mol. The molecule has 0 radical (unpaired) electrons. The zero-order valence-corrected chi connectivity index (χ0v) is 22.2. The van der Waals surface area contributed by atoms with Gasteiger partial charge in [0.15, 0.2) is 0 Å². The van der Waals surface area contributed by atoms with Gasteiger partial charge in [-0.05, 0) is 49.6 Å². The molecule has 9 heteroatoms. The number of rotatable bonds is 10. The lowest BCUT2D eigenvalue weighted by molar-refractivity contribution is -0.149. The van der Waals surface area contributed by atoms with Crippen LogP contribution in [0.15, 0.2) is 48.5 Å². The maximum atomic E-state index is 13.2. The molecule has 1 heterocycles. The Kier molecular flexibility index (Phi) is 9.72. The summed E-state index contributed by atoms with van der Waals surface area (Å²) in [5.74, 6) is -0.550. The highest BCUT2D eigenvalue weighted by Crippen LogP contribution is 2.32. The molecule has 1 amide bonds. The number of nitrogen functional groups attached to an aromatic ring is 1. The van der Waals surface area contributed by atoms with E-state index >= 15 is 0 Å². The molecule has 3 aromatic rings. The highest BCUT2D eigenvalue weighted by molar-refractivity contribution is 5.97. The molecule has 1 aliphatic rings. The highest BCUT2D eigenvalue weighted by atomic mass is 35.5. The number of halogens is 1. The lowest BCUT2D eigenvalue weighted by Crippen LogP contribution is -2.41. The molecule has 4 rings (SSSR count). The van der Waals surface area contributed by atoms with Gasteiger partial charge in [0.1, 0.15) is 19.0 Å². The molecule has 0 atom stereocenters. The standard InChI is InChI=1S/C28H34N4O4.ClH/c1-3-36-27(34)18-35-17-26(33)32(22-6-4-5-7-22)23-12-13-25-21(15-23)16-24(31(25)2)14-19-8-10-20(11-9-19)28(29)30;/h8-13,15-16,22H,3-7,14,17-18H2,1-2H3,(H3,29,30);1H. The summed E-state index contributed by atoms with van der Waals surface area (Å²) in [5, 5.41) is 8.63. The van der Waals surface area contributed by atoms with E-state index in [9.17, 15) is 9.59 Å². The van der Waals surface area contributed by atoms with Crippen molar-refractivity contribution in [2.45, 2.75) is 45.1 Å². The van der Waals surface area contributed by atoms with Gasteiger partial charge in [-0.3, -0.25) is 10.2 Å². The average molecular weight is 527 g/mol. The van der Waals surface area contributed by atoms with Crippen molar-refractivity contribution in [3.8, 4) is 0 Å². The minimum atomic E-state index is -0.466. The maximum Gasteiger partial charge on any atom is 0.332 e. The first-order chi connectivity index (χ1) is 17.4. The van der Waals surface area contributed by atoms with Crippen molar-refractivity contribution < 1.29 is 19.1 Å². The van der Waals surface area contributed by atoms with Crippen LogP contribution in [0.3, 0.4) is 0 Å². The summed E-state index contributed by atoms with van der Waals surface area (Å²) in [6.07, 6.45) is 4.85. The first kappa shape index (κ1) is 28.2. The number of carbonyl (C=O) groups excluding carboxylic acids is 2. The van der Waals surface area contributed by atoms with Crippen LogP contribution in [0.5, 0.6) is 0 Å². The van der Waals surface area contributed by atoms with Gasteiger partial charge in [0.05, 0.1) is 6.61 Å².